The Hall–Kier alpha value is -4.33. The highest BCUT2D eigenvalue weighted by Gasteiger charge is 2.26. The number of rotatable bonds is 9. The van der Waals surface area contributed by atoms with Crippen LogP contribution in [0.2, 0.25) is 0 Å². The van der Waals surface area contributed by atoms with Crippen LogP contribution in [0.25, 0.3) is 17.2 Å². The van der Waals surface area contributed by atoms with E-state index in [2.05, 4.69) is 51.5 Å². The molecule has 3 aromatic heterocycles. The van der Waals surface area contributed by atoms with Gasteiger partial charge in [-0.05, 0) is 69.0 Å². The molecule has 8 heteroatoms. The Morgan fingerprint density at radius 2 is 2.03 bits per heavy atom. The monoisotopic (exact) mass is 493 g/mol. The van der Waals surface area contributed by atoms with E-state index in [1.54, 1.807) is 18.5 Å². The number of benzene rings is 1. The molecule has 1 aliphatic carbocycles. The van der Waals surface area contributed by atoms with Gasteiger partial charge < -0.3 is 14.5 Å². The molecule has 0 radical (unpaired) electrons. The number of nitrogens with zero attached hydrogens (tertiary/aromatic N) is 6. The Morgan fingerprint density at radius 3 is 2.81 bits per heavy atom. The third-order valence-electron chi connectivity index (χ3n) is 6.50. The van der Waals surface area contributed by atoms with E-state index < -0.39 is 0 Å². The largest absolute Gasteiger partial charge is 0.307 e. The van der Waals surface area contributed by atoms with Gasteiger partial charge in [0, 0.05) is 23.4 Å². The average Bonchev–Trinajstić information content (AvgIpc) is 3.44. The summed E-state index contributed by atoms with van der Waals surface area (Å²) in [6.45, 7) is 6.24. The highest BCUT2D eigenvalue weighted by molar-refractivity contribution is 6.04. The molecule has 37 heavy (non-hydrogen) atoms. The topological polar surface area (TPSA) is 90.5 Å². The molecular formula is C29H31N7O. The smallest absolute Gasteiger partial charge is 0.256 e. The second-order valence-electron chi connectivity index (χ2n) is 9.24. The third-order valence-corrected chi connectivity index (χ3v) is 6.50. The first kappa shape index (κ1) is 24.4. The van der Waals surface area contributed by atoms with Crippen LogP contribution < -0.4 is 5.32 Å². The minimum atomic E-state index is -0.231. The van der Waals surface area contributed by atoms with E-state index in [1.165, 1.54) is 18.4 Å². The lowest BCUT2D eigenvalue weighted by Gasteiger charge is -2.17. The minimum Gasteiger partial charge on any atom is -0.307 e. The van der Waals surface area contributed by atoms with Gasteiger partial charge in [-0.2, -0.15) is 0 Å². The van der Waals surface area contributed by atoms with E-state index >= 15 is 0 Å². The number of anilines is 1. The SMILES string of the molecule is CC=CC(=CCC)C(C)n1cnnc1-c1cccc(NC(=O)c2cccc(-n3cnc(C4CC4)c3)c2)n1. The number of amides is 1. The summed E-state index contributed by atoms with van der Waals surface area (Å²) >= 11 is 0. The van der Waals surface area contributed by atoms with Gasteiger partial charge in [-0.15, -0.1) is 10.2 Å². The first-order chi connectivity index (χ1) is 18.1. The second-order valence-corrected chi connectivity index (χ2v) is 9.24. The molecule has 1 atom stereocenters. The molecule has 1 N–H and O–H groups in total. The average molecular weight is 494 g/mol. The standard InChI is InChI=1S/C29H31N7O/c1-4-8-21(9-5-2)20(3)36-19-31-34-28(36)25-12-7-13-27(32-25)33-29(37)23-10-6-11-24(16-23)35-17-26(30-18-35)22-14-15-22/h4,6-13,16-20,22H,5,14-15H2,1-3H3,(H,32,33,37). The lowest BCUT2D eigenvalue weighted by atomic mass is 10.1. The van der Waals surface area contributed by atoms with Crippen LogP contribution in [-0.4, -0.2) is 35.2 Å². The number of hydrogen-bond donors (Lipinski definition) is 1. The Bertz CT molecular complexity index is 1460. The van der Waals surface area contributed by atoms with Crippen molar-refractivity contribution in [2.24, 2.45) is 0 Å². The van der Waals surface area contributed by atoms with Crippen molar-refractivity contribution < 1.29 is 4.79 Å². The lowest BCUT2D eigenvalue weighted by Crippen LogP contribution is -2.14. The summed E-state index contributed by atoms with van der Waals surface area (Å²) < 4.78 is 3.96. The lowest BCUT2D eigenvalue weighted by molar-refractivity contribution is 0.102. The van der Waals surface area contributed by atoms with Gasteiger partial charge in [0.15, 0.2) is 5.82 Å². The van der Waals surface area contributed by atoms with Crippen molar-refractivity contribution in [3.05, 3.63) is 96.4 Å². The molecule has 1 aromatic carbocycles. The van der Waals surface area contributed by atoms with Crippen LogP contribution in [0.5, 0.6) is 0 Å². The van der Waals surface area contributed by atoms with E-state index in [-0.39, 0.29) is 11.9 Å². The van der Waals surface area contributed by atoms with E-state index in [0.29, 0.717) is 28.8 Å². The summed E-state index contributed by atoms with van der Waals surface area (Å²) in [5, 5.41) is 11.4. The van der Waals surface area contributed by atoms with Crippen molar-refractivity contribution in [1.29, 1.82) is 0 Å². The molecular weight excluding hydrogens is 462 g/mol. The third kappa shape index (κ3) is 5.43. The maximum atomic E-state index is 13.1. The maximum Gasteiger partial charge on any atom is 0.256 e. The fourth-order valence-corrected chi connectivity index (χ4v) is 4.37. The van der Waals surface area contributed by atoms with Crippen molar-refractivity contribution in [2.45, 2.75) is 52.0 Å². The maximum absolute atomic E-state index is 13.1. The fraction of sp³-hybridized carbons (Fsp3) is 0.276. The van der Waals surface area contributed by atoms with E-state index in [1.807, 2.05) is 65.0 Å². The van der Waals surface area contributed by atoms with Crippen LogP contribution in [0.15, 0.2) is 85.1 Å². The van der Waals surface area contributed by atoms with Gasteiger partial charge in [0.05, 0.1) is 18.1 Å². The number of allylic oxidation sites excluding steroid dienone is 4. The van der Waals surface area contributed by atoms with Crippen LogP contribution in [0.4, 0.5) is 5.82 Å². The predicted octanol–water partition coefficient (Wildman–Crippen LogP) is 6.13. The highest BCUT2D eigenvalue weighted by atomic mass is 16.1. The van der Waals surface area contributed by atoms with Crippen molar-refractivity contribution >= 4 is 11.7 Å². The Balaban J connectivity index is 1.35. The normalized spacial score (nSPS) is 14.7. The summed E-state index contributed by atoms with van der Waals surface area (Å²) in [4.78, 5) is 22.3. The van der Waals surface area contributed by atoms with Crippen LogP contribution in [0.1, 0.15) is 68.0 Å². The van der Waals surface area contributed by atoms with Gasteiger partial charge in [0.1, 0.15) is 17.8 Å². The zero-order chi connectivity index (χ0) is 25.8. The fourth-order valence-electron chi connectivity index (χ4n) is 4.37. The van der Waals surface area contributed by atoms with Gasteiger partial charge in [-0.25, -0.2) is 9.97 Å². The van der Waals surface area contributed by atoms with E-state index in [4.69, 9.17) is 0 Å². The first-order valence-corrected chi connectivity index (χ1v) is 12.7. The van der Waals surface area contributed by atoms with Crippen LogP contribution >= 0.6 is 0 Å². The van der Waals surface area contributed by atoms with E-state index in [9.17, 15) is 4.79 Å². The number of imidazole rings is 1. The number of nitrogens with one attached hydrogen (secondary N) is 1. The molecule has 0 aliphatic heterocycles. The molecule has 1 unspecified atom stereocenters. The molecule has 1 fully saturated rings. The van der Waals surface area contributed by atoms with Crippen molar-refractivity contribution in [2.75, 3.05) is 5.32 Å². The minimum absolute atomic E-state index is 0.0348. The molecule has 0 saturated heterocycles. The summed E-state index contributed by atoms with van der Waals surface area (Å²) in [6, 6.07) is 13.0. The molecule has 3 heterocycles. The molecule has 8 nitrogen and oxygen atoms in total. The number of pyridine rings is 1. The Labute approximate surface area is 216 Å². The molecule has 4 aromatic rings. The quantitative estimate of drug-likeness (QED) is 0.283. The van der Waals surface area contributed by atoms with Crippen molar-refractivity contribution in [3.8, 4) is 17.2 Å². The van der Waals surface area contributed by atoms with Gasteiger partial charge in [0.2, 0.25) is 0 Å². The van der Waals surface area contributed by atoms with Gasteiger partial charge >= 0.3 is 0 Å². The van der Waals surface area contributed by atoms with E-state index in [0.717, 1.165) is 17.8 Å². The molecule has 1 aliphatic rings. The first-order valence-electron chi connectivity index (χ1n) is 12.7. The Kier molecular flexibility index (Phi) is 7.07. The van der Waals surface area contributed by atoms with Gasteiger partial charge in [-0.1, -0.05) is 37.3 Å². The van der Waals surface area contributed by atoms with Crippen LogP contribution in [-0.2, 0) is 0 Å². The number of carbonyl (C=O) groups is 1. The van der Waals surface area contributed by atoms with Crippen LogP contribution in [0, 0.1) is 0 Å². The zero-order valence-electron chi connectivity index (χ0n) is 21.4. The van der Waals surface area contributed by atoms with Crippen molar-refractivity contribution in [1.82, 2.24) is 29.3 Å². The van der Waals surface area contributed by atoms with Gasteiger partial charge in [0.25, 0.3) is 5.91 Å². The highest BCUT2D eigenvalue weighted by Crippen LogP contribution is 2.39. The summed E-state index contributed by atoms with van der Waals surface area (Å²) in [6.07, 6.45) is 15.3. The molecule has 188 valence electrons. The Morgan fingerprint density at radius 1 is 1.19 bits per heavy atom. The number of hydrogen-bond acceptors (Lipinski definition) is 5. The predicted molar refractivity (Wildman–Crippen MR) is 145 cm³/mol. The number of aromatic nitrogens is 6. The molecule has 0 spiro atoms. The molecule has 5 rings (SSSR count). The summed E-state index contributed by atoms with van der Waals surface area (Å²) in [5.41, 5.74) is 4.37. The molecule has 1 saturated carbocycles. The summed E-state index contributed by atoms with van der Waals surface area (Å²) in [5.74, 6) is 1.44. The van der Waals surface area contributed by atoms with Gasteiger partial charge in [-0.3, -0.25) is 4.79 Å². The molecule has 0 bridgehead atoms. The second kappa shape index (κ2) is 10.7. The zero-order valence-corrected chi connectivity index (χ0v) is 21.4. The van der Waals surface area contributed by atoms with Crippen LogP contribution in [0.3, 0.4) is 0 Å². The number of carbonyl (C=O) groups excluding carboxylic acids is 1. The summed E-state index contributed by atoms with van der Waals surface area (Å²) in [7, 11) is 0. The van der Waals surface area contributed by atoms with Crippen molar-refractivity contribution in [3.63, 3.8) is 0 Å². The molecule has 1 amide bonds.